The van der Waals surface area contributed by atoms with E-state index in [1.807, 2.05) is 18.4 Å². The number of rotatable bonds is 13. The fourth-order valence-corrected chi connectivity index (χ4v) is 6.45. The fourth-order valence-electron chi connectivity index (χ4n) is 6.45. The summed E-state index contributed by atoms with van der Waals surface area (Å²) >= 11 is 0. The predicted octanol–water partition coefficient (Wildman–Crippen LogP) is 1.88. The summed E-state index contributed by atoms with van der Waals surface area (Å²) in [6.45, 7) is 2.02. The van der Waals surface area contributed by atoms with Crippen LogP contribution >= 0.6 is 0 Å². The Morgan fingerprint density at radius 3 is 2.34 bits per heavy atom. The lowest BCUT2D eigenvalue weighted by Gasteiger charge is -2.29. The number of allylic oxidation sites excluding steroid dienone is 2. The second-order valence-electron chi connectivity index (χ2n) is 11.7. The SMILES string of the molecule is CN1C(=O)C[C@H](C(=O)NCCOC2CCC(OCCCC(=O)NC3CCC(C(=O)O)CC3)CC2)[C@H]1C1=CC=CNC1. The summed E-state index contributed by atoms with van der Waals surface area (Å²) in [5.41, 5.74) is 1.04. The number of likely N-dealkylation sites (N-methyl/N-ethyl adjacent to an activating group) is 1. The predicted molar refractivity (Wildman–Crippen MR) is 152 cm³/mol. The molecule has 2 heterocycles. The summed E-state index contributed by atoms with van der Waals surface area (Å²) in [5.74, 6) is -1.52. The molecule has 0 bridgehead atoms. The first-order valence-corrected chi connectivity index (χ1v) is 15.2. The van der Waals surface area contributed by atoms with E-state index in [4.69, 9.17) is 14.6 Å². The van der Waals surface area contributed by atoms with E-state index in [9.17, 15) is 19.2 Å². The van der Waals surface area contributed by atoms with Gasteiger partial charge in [0.2, 0.25) is 17.7 Å². The number of dihydropyridines is 1. The smallest absolute Gasteiger partial charge is 0.306 e. The highest BCUT2D eigenvalue weighted by Crippen LogP contribution is 2.30. The van der Waals surface area contributed by atoms with Crippen LogP contribution < -0.4 is 16.0 Å². The number of carboxylic acids is 1. The molecule has 0 spiro atoms. The molecule has 2 saturated carbocycles. The van der Waals surface area contributed by atoms with Gasteiger partial charge in [0, 0.05) is 45.6 Å². The zero-order valence-electron chi connectivity index (χ0n) is 24.1. The molecule has 4 rings (SSSR count). The number of carboxylic acid groups (broad SMARTS) is 1. The maximum Gasteiger partial charge on any atom is 0.306 e. The van der Waals surface area contributed by atoms with Gasteiger partial charge in [0.1, 0.15) is 0 Å². The molecule has 0 aromatic rings. The molecule has 0 unspecified atom stereocenters. The first-order chi connectivity index (χ1) is 19.8. The van der Waals surface area contributed by atoms with E-state index in [1.165, 1.54) is 0 Å². The average molecular weight is 575 g/mol. The van der Waals surface area contributed by atoms with Crippen LogP contribution in [0.5, 0.6) is 0 Å². The number of ether oxygens (including phenoxy) is 2. The van der Waals surface area contributed by atoms with Crippen LogP contribution in [0.4, 0.5) is 0 Å². The van der Waals surface area contributed by atoms with Gasteiger partial charge in [-0.15, -0.1) is 0 Å². The first-order valence-electron chi connectivity index (χ1n) is 15.2. The Kier molecular flexibility index (Phi) is 11.6. The van der Waals surface area contributed by atoms with Gasteiger partial charge in [0.05, 0.1) is 36.7 Å². The van der Waals surface area contributed by atoms with Gasteiger partial charge in [-0.05, 0) is 75.6 Å². The summed E-state index contributed by atoms with van der Waals surface area (Å²) in [6.07, 6.45) is 13.7. The van der Waals surface area contributed by atoms with Gasteiger partial charge >= 0.3 is 5.97 Å². The van der Waals surface area contributed by atoms with Gasteiger partial charge in [-0.1, -0.05) is 6.08 Å². The standard InChI is InChI=1S/C30H46N4O7/c1-34-27(36)18-25(28(34)21-4-2-14-31-19-21)29(37)32-15-17-41-24-12-10-23(11-13-24)40-16-3-5-26(35)33-22-8-6-20(7-9-22)30(38)39/h2,4,14,20,22-25,28,31H,3,5-13,15-19H2,1H3,(H,32,37)(H,33,35)(H,38,39)/t20?,22?,23?,24?,25-,28+/m0/s1. The van der Waals surface area contributed by atoms with Crippen LogP contribution in [-0.2, 0) is 28.7 Å². The molecule has 3 fully saturated rings. The monoisotopic (exact) mass is 574 g/mol. The molecule has 2 aliphatic heterocycles. The molecule has 1 saturated heterocycles. The second-order valence-corrected chi connectivity index (χ2v) is 11.7. The largest absolute Gasteiger partial charge is 0.481 e. The topological polar surface area (TPSA) is 146 Å². The van der Waals surface area contributed by atoms with Crippen molar-refractivity contribution in [2.24, 2.45) is 11.8 Å². The lowest BCUT2D eigenvalue weighted by Crippen LogP contribution is -2.43. The molecule has 11 nitrogen and oxygen atoms in total. The molecule has 0 aromatic carbocycles. The molecule has 4 N–H and O–H groups in total. The van der Waals surface area contributed by atoms with Crippen molar-refractivity contribution >= 4 is 23.7 Å². The van der Waals surface area contributed by atoms with Gasteiger partial charge in [-0.2, -0.15) is 0 Å². The zero-order chi connectivity index (χ0) is 29.2. The van der Waals surface area contributed by atoms with Gasteiger partial charge in [0.15, 0.2) is 0 Å². The highest BCUT2D eigenvalue weighted by molar-refractivity contribution is 5.90. The number of nitrogens with one attached hydrogen (secondary N) is 3. The molecule has 0 radical (unpaired) electrons. The van der Waals surface area contributed by atoms with Gasteiger partial charge in [-0.3, -0.25) is 19.2 Å². The van der Waals surface area contributed by atoms with Crippen molar-refractivity contribution in [3.05, 3.63) is 23.9 Å². The van der Waals surface area contributed by atoms with Crippen LogP contribution in [0.1, 0.15) is 70.6 Å². The van der Waals surface area contributed by atoms with Crippen LogP contribution in [0.3, 0.4) is 0 Å². The number of aliphatic carboxylic acids is 1. The third-order valence-electron chi connectivity index (χ3n) is 8.85. The van der Waals surface area contributed by atoms with Gasteiger partial charge in [0.25, 0.3) is 0 Å². The maximum atomic E-state index is 12.9. The van der Waals surface area contributed by atoms with Crippen molar-refractivity contribution in [1.82, 2.24) is 20.9 Å². The minimum atomic E-state index is -0.735. The summed E-state index contributed by atoms with van der Waals surface area (Å²) in [7, 11) is 1.76. The Morgan fingerprint density at radius 1 is 1.02 bits per heavy atom. The van der Waals surface area contributed by atoms with E-state index < -0.39 is 11.9 Å². The van der Waals surface area contributed by atoms with E-state index in [-0.39, 0.29) is 54.4 Å². The molecular formula is C30H46N4O7. The van der Waals surface area contributed by atoms with Crippen LogP contribution in [0.2, 0.25) is 0 Å². The quantitative estimate of drug-likeness (QED) is 0.244. The van der Waals surface area contributed by atoms with Crippen molar-refractivity contribution in [3.8, 4) is 0 Å². The van der Waals surface area contributed by atoms with Crippen LogP contribution in [-0.4, -0.2) is 91.3 Å². The minimum absolute atomic E-state index is 0.0129. The van der Waals surface area contributed by atoms with E-state index in [0.29, 0.717) is 52.0 Å². The lowest BCUT2D eigenvalue weighted by molar-refractivity contribution is -0.143. The minimum Gasteiger partial charge on any atom is -0.481 e. The number of nitrogens with zero attached hydrogens (tertiary/aromatic N) is 1. The molecule has 4 aliphatic rings. The number of hydrogen-bond donors (Lipinski definition) is 4. The Morgan fingerprint density at radius 2 is 1.71 bits per heavy atom. The van der Waals surface area contributed by atoms with Crippen LogP contribution in [0.15, 0.2) is 23.9 Å². The van der Waals surface area contributed by atoms with Crippen molar-refractivity contribution in [2.75, 3.05) is 33.4 Å². The maximum absolute atomic E-state index is 12.9. The number of amides is 3. The molecule has 11 heteroatoms. The number of carbonyl (C=O) groups excluding carboxylic acids is 3. The van der Waals surface area contributed by atoms with E-state index in [2.05, 4.69) is 16.0 Å². The third kappa shape index (κ3) is 9.03. The zero-order valence-corrected chi connectivity index (χ0v) is 24.1. The van der Waals surface area contributed by atoms with E-state index >= 15 is 0 Å². The Hall–Kier alpha value is -2.92. The third-order valence-corrected chi connectivity index (χ3v) is 8.85. The van der Waals surface area contributed by atoms with Crippen molar-refractivity contribution in [2.45, 2.75) is 94.9 Å². The molecule has 228 valence electrons. The highest BCUT2D eigenvalue weighted by Gasteiger charge is 2.43. The summed E-state index contributed by atoms with van der Waals surface area (Å²) in [5, 5.41) is 18.3. The Bertz CT molecular complexity index is 983. The summed E-state index contributed by atoms with van der Waals surface area (Å²) < 4.78 is 12.0. The van der Waals surface area contributed by atoms with Crippen molar-refractivity contribution in [3.63, 3.8) is 0 Å². The van der Waals surface area contributed by atoms with E-state index in [1.54, 1.807) is 11.9 Å². The summed E-state index contributed by atoms with van der Waals surface area (Å²) in [6, 6.07) is -0.140. The number of likely N-dealkylation sites (tertiary alicyclic amines) is 1. The molecular weight excluding hydrogens is 528 g/mol. The fraction of sp³-hybridized carbons (Fsp3) is 0.733. The second kappa shape index (κ2) is 15.3. The number of hydrogen-bond acceptors (Lipinski definition) is 7. The Balaban J connectivity index is 1.03. The first kappa shape index (κ1) is 31.0. The molecule has 0 aromatic heterocycles. The lowest BCUT2D eigenvalue weighted by atomic mass is 9.86. The molecule has 41 heavy (non-hydrogen) atoms. The molecule has 2 atom stereocenters. The highest BCUT2D eigenvalue weighted by atomic mass is 16.5. The van der Waals surface area contributed by atoms with Crippen LogP contribution in [0, 0.1) is 11.8 Å². The average Bonchev–Trinajstić information content (AvgIpc) is 3.28. The normalized spacial score (nSPS) is 29.9. The van der Waals surface area contributed by atoms with Crippen molar-refractivity contribution < 1.29 is 33.8 Å². The van der Waals surface area contributed by atoms with E-state index in [0.717, 1.165) is 44.1 Å². The van der Waals surface area contributed by atoms with Crippen LogP contribution in [0.25, 0.3) is 0 Å². The molecule has 2 aliphatic carbocycles. The Labute approximate surface area is 242 Å². The molecule has 3 amide bonds. The number of carbonyl (C=O) groups is 4. The summed E-state index contributed by atoms with van der Waals surface area (Å²) in [4.78, 5) is 50.2. The van der Waals surface area contributed by atoms with Gasteiger partial charge < -0.3 is 35.4 Å². The van der Waals surface area contributed by atoms with Crippen molar-refractivity contribution in [1.29, 1.82) is 0 Å². The van der Waals surface area contributed by atoms with Gasteiger partial charge in [-0.25, -0.2) is 0 Å².